The number of carbonyl (C=O) groups is 2. The van der Waals surface area contributed by atoms with E-state index in [2.05, 4.69) is 12.2 Å². The third kappa shape index (κ3) is 5.08. The Morgan fingerprint density at radius 3 is 2.23 bits per heavy atom. The first-order chi connectivity index (χ1) is 15.0. The zero-order valence-electron chi connectivity index (χ0n) is 19.2. The molecule has 0 spiro atoms. The maximum Gasteiger partial charge on any atom is 0.225 e. The van der Waals surface area contributed by atoms with Crippen LogP contribution >= 0.6 is 0 Å². The van der Waals surface area contributed by atoms with E-state index in [1.807, 2.05) is 17.0 Å². The molecule has 7 heteroatoms. The Kier molecular flexibility index (Phi) is 8.04. The Morgan fingerprint density at radius 1 is 1.03 bits per heavy atom. The van der Waals surface area contributed by atoms with Gasteiger partial charge in [0.15, 0.2) is 11.5 Å². The molecule has 172 valence electrons. The lowest BCUT2D eigenvalue weighted by atomic mass is 9.88. The van der Waals surface area contributed by atoms with Gasteiger partial charge in [0, 0.05) is 31.5 Å². The zero-order valence-corrected chi connectivity index (χ0v) is 19.2. The highest BCUT2D eigenvalue weighted by atomic mass is 16.5. The topological polar surface area (TPSA) is 77.1 Å². The standard InChI is InChI=1S/C24H36N2O5/c1-5-6-11-25-23(27)19-15-26(24(28)16-9-7-8-10-16)14-18(19)17-12-20(29-2)22(31-4)21(13-17)30-3/h12-13,16,18-19H,5-11,14-15H2,1-4H3,(H,25,27). The molecule has 3 rings (SSSR count). The number of nitrogens with one attached hydrogen (secondary N) is 1. The molecule has 1 aromatic rings. The van der Waals surface area contributed by atoms with Crippen molar-refractivity contribution in [3.05, 3.63) is 17.7 Å². The molecule has 1 aliphatic heterocycles. The summed E-state index contributed by atoms with van der Waals surface area (Å²) in [6.07, 6.45) is 6.10. The van der Waals surface area contributed by atoms with Crippen molar-refractivity contribution in [2.45, 2.75) is 51.4 Å². The summed E-state index contributed by atoms with van der Waals surface area (Å²) in [5.41, 5.74) is 0.923. The van der Waals surface area contributed by atoms with Crippen LogP contribution in [-0.2, 0) is 9.59 Å². The second-order valence-corrected chi connectivity index (χ2v) is 8.54. The van der Waals surface area contributed by atoms with Crippen LogP contribution in [0.4, 0.5) is 0 Å². The van der Waals surface area contributed by atoms with Gasteiger partial charge in [-0.2, -0.15) is 0 Å². The summed E-state index contributed by atoms with van der Waals surface area (Å²) in [5.74, 6) is 1.51. The highest BCUT2D eigenvalue weighted by molar-refractivity contribution is 5.84. The van der Waals surface area contributed by atoms with Crippen molar-refractivity contribution in [3.8, 4) is 17.2 Å². The second-order valence-electron chi connectivity index (χ2n) is 8.54. The molecule has 2 unspecified atom stereocenters. The number of carbonyl (C=O) groups excluding carboxylic acids is 2. The SMILES string of the molecule is CCCCNC(=O)C1CN(C(=O)C2CCCC2)CC1c1cc(OC)c(OC)c(OC)c1. The third-order valence-electron chi connectivity index (χ3n) is 6.62. The zero-order chi connectivity index (χ0) is 22.4. The van der Waals surface area contributed by atoms with Crippen LogP contribution in [-0.4, -0.2) is 57.7 Å². The number of nitrogens with zero attached hydrogens (tertiary/aromatic N) is 1. The highest BCUT2D eigenvalue weighted by Crippen LogP contribution is 2.43. The van der Waals surface area contributed by atoms with E-state index in [0.29, 0.717) is 36.9 Å². The molecule has 1 aliphatic carbocycles. The van der Waals surface area contributed by atoms with Gasteiger partial charge in [0.05, 0.1) is 27.2 Å². The first-order valence-corrected chi connectivity index (χ1v) is 11.4. The number of unbranched alkanes of at least 4 members (excludes halogenated alkanes) is 1. The number of benzene rings is 1. The van der Waals surface area contributed by atoms with Crippen molar-refractivity contribution in [1.82, 2.24) is 10.2 Å². The van der Waals surface area contributed by atoms with Crippen molar-refractivity contribution < 1.29 is 23.8 Å². The lowest BCUT2D eigenvalue weighted by Crippen LogP contribution is -2.37. The van der Waals surface area contributed by atoms with Crippen molar-refractivity contribution in [2.24, 2.45) is 11.8 Å². The van der Waals surface area contributed by atoms with E-state index >= 15 is 0 Å². The van der Waals surface area contributed by atoms with Gasteiger partial charge in [0.1, 0.15) is 0 Å². The number of ether oxygens (including phenoxy) is 3. The number of likely N-dealkylation sites (tertiary alicyclic amines) is 1. The van der Waals surface area contributed by atoms with E-state index in [9.17, 15) is 9.59 Å². The highest BCUT2D eigenvalue weighted by Gasteiger charge is 2.42. The fraction of sp³-hybridized carbons (Fsp3) is 0.667. The van der Waals surface area contributed by atoms with Gasteiger partial charge >= 0.3 is 0 Å². The molecule has 1 saturated carbocycles. The Morgan fingerprint density at radius 2 is 1.68 bits per heavy atom. The van der Waals surface area contributed by atoms with Gasteiger partial charge in [0.25, 0.3) is 0 Å². The number of methoxy groups -OCH3 is 3. The predicted octanol–water partition coefficient (Wildman–Crippen LogP) is 3.36. The van der Waals surface area contributed by atoms with Crippen LogP contribution in [0.2, 0.25) is 0 Å². The molecule has 1 aromatic carbocycles. The monoisotopic (exact) mass is 432 g/mol. The molecular weight excluding hydrogens is 396 g/mol. The lowest BCUT2D eigenvalue weighted by Gasteiger charge is -2.21. The van der Waals surface area contributed by atoms with E-state index in [0.717, 1.165) is 44.1 Å². The van der Waals surface area contributed by atoms with Crippen LogP contribution in [0.1, 0.15) is 56.9 Å². The Bertz CT molecular complexity index is 750. The fourth-order valence-corrected chi connectivity index (χ4v) is 4.85. The molecule has 0 aromatic heterocycles. The fourth-order valence-electron chi connectivity index (χ4n) is 4.85. The molecule has 2 atom stereocenters. The maximum atomic E-state index is 13.1. The summed E-state index contributed by atoms with van der Waals surface area (Å²) in [4.78, 5) is 28.1. The van der Waals surface area contributed by atoms with Crippen molar-refractivity contribution in [3.63, 3.8) is 0 Å². The molecular formula is C24H36N2O5. The average molecular weight is 433 g/mol. The smallest absolute Gasteiger partial charge is 0.225 e. The van der Waals surface area contributed by atoms with Crippen molar-refractivity contribution in [2.75, 3.05) is 41.0 Å². The number of rotatable bonds is 9. The van der Waals surface area contributed by atoms with Crippen LogP contribution < -0.4 is 19.5 Å². The Hall–Kier alpha value is -2.44. The number of amides is 2. The second kappa shape index (κ2) is 10.7. The molecule has 1 N–H and O–H groups in total. The van der Waals surface area contributed by atoms with Gasteiger partial charge in [-0.3, -0.25) is 9.59 Å². The average Bonchev–Trinajstić information content (AvgIpc) is 3.48. The molecule has 1 saturated heterocycles. The van der Waals surface area contributed by atoms with Crippen molar-refractivity contribution in [1.29, 1.82) is 0 Å². The Balaban J connectivity index is 1.90. The molecule has 0 radical (unpaired) electrons. The first kappa shape index (κ1) is 23.2. The predicted molar refractivity (Wildman–Crippen MR) is 119 cm³/mol. The summed E-state index contributed by atoms with van der Waals surface area (Å²) in [5, 5.41) is 3.07. The third-order valence-corrected chi connectivity index (χ3v) is 6.62. The largest absolute Gasteiger partial charge is 0.493 e. The number of hydrogen-bond donors (Lipinski definition) is 1. The van der Waals surface area contributed by atoms with Crippen LogP contribution in [0.3, 0.4) is 0 Å². The summed E-state index contributed by atoms with van der Waals surface area (Å²) < 4.78 is 16.5. The van der Waals surface area contributed by atoms with Gasteiger partial charge in [-0.25, -0.2) is 0 Å². The van der Waals surface area contributed by atoms with Gasteiger partial charge in [-0.15, -0.1) is 0 Å². The molecule has 2 fully saturated rings. The quantitative estimate of drug-likeness (QED) is 0.606. The maximum absolute atomic E-state index is 13.1. The van der Waals surface area contributed by atoms with E-state index in [1.54, 1.807) is 21.3 Å². The summed E-state index contributed by atoms with van der Waals surface area (Å²) in [6, 6.07) is 3.81. The molecule has 2 aliphatic rings. The van der Waals surface area contributed by atoms with Gasteiger partial charge in [-0.1, -0.05) is 26.2 Å². The Labute approximate surface area is 185 Å². The van der Waals surface area contributed by atoms with Crippen molar-refractivity contribution >= 4 is 11.8 Å². The minimum absolute atomic E-state index is 0.00826. The lowest BCUT2D eigenvalue weighted by molar-refractivity contribution is -0.134. The summed E-state index contributed by atoms with van der Waals surface area (Å²) >= 11 is 0. The first-order valence-electron chi connectivity index (χ1n) is 11.4. The van der Waals surface area contributed by atoms with Crippen LogP contribution in [0.25, 0.3) is 0 Å². The molecule has 2 amide bonds. The number of hydrogen-bond acceptors (Lipinski definition) is 5. The van der Waals surface area contributed by atoms with E-state index in [4.69, 9.17) is 14.2 Å². The summed E-state index contributed by atoms with van der Waals surface area (Å²) in [6.45, 7) is 3.74. The molecule has 1 heterocycles. The van der Waals surface area contributed by atoms with E-state index in [-0.39, 0.29) is 29.6 Å². The molecule has 31 heavy (non-hydrogen) atoms. The minimum atomic E-state index is -0.301. The van der Waals surface area contributed by atoms with Crippen LogP contribution in [0.15, 0.2) is 12.1 Å². The minimum Gasteiger partial charge on any atom is -0.493 e. The molecule has 0 bridgehead atoms. The van der Waals surface area contributed by atoms with Crippen LogP contribution in [0.5, 0.6) is 17.2 Å². The molecule has 7 nitrogen and oxygen atoms in total. The van der Waals surface area contributed by atoms with Crippen LogP contribution in [0, 0.1) is 11.8 Å². The van der Waals surface area contributed by atoms with E-state index < -0.39 is 0 Å². The van der Waals surface area contributed by atoms with Gasteiger partial charge in [0.2, 0.25) is 17.6 Å². The van der Waals surface area contributed by atoms with Gasteiger partial charge in [-0.05, 0) is 37.0 Å². The summed E-state index contributed by atoms with van der Waals surface area (Å²) in [7, 11) is 4.74. The van der Waals surface area contributed by atoms with E-state index in [1.165, 1.54) is 0 Å². The van der Waals surface area contributed by atoms with Gasteiger partial charge < -0.3 is 24.4 Å². The normalized spacial score (nSPS) is 21.2.